The first kappa shape index (κ1) is 14.3. The van der Waals surface area contributed by atoms with Gasteiger partial charge in [0.25, 0.3) is 0 Å². The molecule has 98 valence electrons. The van der Waals surface area contributed by atoms with E-state index in [0.717, 1.165) is 0 Å². The van der Waals surface area contributed by atoms with Gasteiger partial charge in [-0.2, -0.15) is 0 Å². The number of carboxylic acid groups (broad SMARTS) is 1. The van der Waals surface area contributed by atoms with Gasteiger partial charge in [0, 0.05) is 10.7 Å². The maximum absolute atomic E-state index is 11.6. The van der Waals surface area contributed by atoms with Crippen LogP contribution in [0.3, 0.4) is 0 Å². The summed E-state index contributed by atoms with van der Waals surface area (Å²) in [5.41, 5.74) is 0.487. The highest BCUT2D eigenvalue weighted by Crippen LogP contribution is 2.14. The van der Waals surface area contributed by atoms with Crippen LogP contribution in [0.1, 0.15) is 13.8 Å². The van der Waals surface area contributed by atoms with Gasteiger partial charge in [-0.15, -0.1) is 0 Å². The lowest BCUT2D eigenvalue weighted by atomic mass is 10.1. The van der Waals surface area contributed by atoms with E-state index in [1.54, 1.807) is 38.1 Å². The lowest BCUT2D eigenvalue weighted by Crippen LogP contribution is -2.51. The van der Waals surface area contributed by atoms with Crippen LogP contribution in [0.15, 0.2) is 24.3 Å². The maximum Gasteiger partial charge on any atom is 0.319 e. The smallest absolute Gasteiger partial charge is 0.319 e. The van der Waals surface area contributed by atoms with Crippen molar-refractivity contribution in [1.29, 1.82) is 0 Å². The van der Waals surface area contributed by atoms with Crippen LogP contribution in [0.5, 0.6) is 0 Å². The summed E-state index contributed by atoms with van der Waals surface area (Å²) in [5.74, 6) is -1.58. The van der Waals surface area contributed by atoms with E-state index < -0.39 is 18.0 Å². The Morgan fingerprint density at radius 1 is 1.33 bits per heavy atom. The molecule has 1 aromatic rings. The molecule has 0 aliphatic heterocycles. The molecule has 2 N–H and O–H groups in total. The summed E-state index contributed by atoms with van der Waals surface area (Å²) in [4.78, 5) is 22.4. The molecule has 0 radical (unpaired) electrons. The third kappa shape index (κ3) is 4.25. The summed E-state index contributed by atoms with van der Waals surface area (Å²) in [5, 5.41) is 16.1. The van der Waals surface area contributed by atoms with E-state index in [1.165, 1.54) is 0 Å². The zero-order valence-corrected chi connectivity index (χ0v) is 10.8. The summed E-state index contributed by atoms with van der Waals surface area (Å²) >= 11 is 5.76. The first-order valence-electron chi connectivity index (χ1n) is 5.44. The Kier molecular flexibility index (Phi) is 4.97. The van der Waals surface area contributed by atoms with Crippen molar-refractivity contribution in [3.05, 3.63) is 29.3 Å². The Balaban J connectivity index is 2.63. The quantitative estimate of drug-likeness (QED) is 0.863. The third-order valence-electron chi connectivity index (χ3n) is 2.29. The summed E-state index contributed by atoms with van der Waals surface area (Å²) in [6.45, 7) is 3.36. The predicted octanol–water partition coefficient (Wildman–Crippen LogP) is 1.24. The second-order valence-electron chi connectivity index (χ2n) is 4.15. The molecule has 0 spiro atoms. The van der Waals surface area contributed by atoms with Gasteiger partial charge in [-0.25, -0.2) is 4.79 Å². The van der Waals surface area contributed by atoms with Gasteiger partial charge in [0.2, 0.25) is 0 Å². The van der Waals surface area contributed by atoms with Gasteiger partial charge in [-0.1, -0.05) is 31.5 Å². The molecule has 1 aromatic carbocycles. The first-order valence-corrected chi connectivity index (χ1v) is 5.82. The fourth-order valence-corrected chi connectivity index (χ4v) is 1.56. The Hall–Kier alpha value is -1.75. The predicted molar refractivity (Wildman–Crippen MR) is 67.2 cm³/mol. The molecule has 1 atom stereocenters. The molecule has 0 aliphatic rings. The van der Waals surface area contributed by atoms with E-state index >= 15 is 0 Å². The number of anilines is 1. The number of nitrogens with one attached hydrogen (secondary N) is 2. The van der Waals surface area contributed by atoms with Crippen LogP contribution in [0.2, 0.25) is 5.02 Å². The molecule has 0 aromatic heterocycles. The number of benzene rings is 1. The van der Waals surface area contributed by atoms with E-state index in [-0.39, 0.29) is 5.92 Å². The van der Waals surface area contributed by atoms with Crippen molar-refractivity contribution in [1.82, 2.24) is 5.32 Å². The van der Waals surface area contributed by atoms with E-state index in [4.69, 9.17) is 11.6 Å². The summed E-state index contributed by atoms with van der Waals surface area (Å²) in [6, 6.07) is 4.91. The number of hydrogen-bond donors (Lipinski definition) is 2. The Bertz CT molecular complexity index is 449. The number of amides is 2. The van der Waals surface area contributed by atoms with Crippen molar-refractivity contribution in [3.63, 3.8) is 0 Å². The van der Waals surface area contributed by atoms with Gasteiger partial charge < -0.3 is 20.5 Å². The van der Waals surface area contributed by atoms with Gasteiger partial charge >= 0.3 is 6.03 Å². The fourth-order valence-electron chi connectivity index (χ4n) is 1.37. The van der Waals surface area contributed by atoms with Gasteiger partial charge in [0.05, 0.1) is 12.0 Å². The highest BCUT2D eigenvalue weighted by molar-refractivity contribution is 6.30. The lowest BCUT2D eigenvalue weighted by molar-refractivity contribution is -0.309. The third-order valence-corrected chi connectivity index (χ3v) is 2.52. The number of carbonyl (C=O) groups is 2. The number of urea groups is 1. The van der Waals surface area contributed by atoms with Crippen molar-refractivity contribution in [2.45, 2.75) is 19.9 Å². The lowest BCUT2D eigenvalue weighted by Gasteiger charge is -2.23. The summed E-state index contributed by atoms with van der Waals surface area (Å²) in [7, 11) is 0. The normalized spacial score (nSPS) is 12.0. The number of aliphatic carboxylic acids is 1. The Morgan fingerprint density at radius 2 is 2.00 bits per heavy atom. The average molecular weight is 270 g/mol. The summed E-state index contributed by atoms with van der Waals surface area (Å²) < 4.78 is 0. The van der Waals surface area contributed by atoms with Gasteiger partial charge in [-0.05, 0) is 24.1 Å². The van der Waals surface area contributed by atoms with E-state index in [2.05, 4.69) is 10.6 Å². The molecule has 5 nitrogen and oxygen atoms in total. The highest BCUT2D eigenvalue weighted by Gasteiger charge is 2.17. The molecular weight excluding hydrogens is 256 g/mol. The molecule has 6 heteroatoms. The SMILES string of the molecule is CC(C)[C@H](NC(=O)Nc1cccc(Cl)c1)C(=O)[O-]. The zero-order valence-electron chi connectivity index (χ0n) is 10.1. The van der Waals surface area contributed by atoms with E-state index in [1.807, 2.05) is 0 Å². The average Bonchev–Trinajstić information content (AvgIpc) is 2.25. The maximum atomic E-state index is 11.6. The van der Waals surface area contributed by atoms with Crippen LogP contribution in [-0.4, -0.2) is 18.0 Å². The number of halogens is 1. The molecular formula is C12H14ClN2O3-. The van der Waals surface area contributed by atoms with Crippen LogP contribution >= 0.6 is 11.6 Å². The molecule has 18 heavy (non-hydrogen) atoms. The zero-order chi connectivity index (χ0) is 13.7. The van der Waals surface area contributed by atoms with E-state index in [0.29, 0.717) is 10.7 Å². The number of hydrogen-bond acceptors (Lipinski definition) is 3. The monoisotopic (exact) mass is 269 g/mol. The van der Waals surface area contributed by atoms with Crippen molar-refractivity contribution in [2.75, 3.05) is 5.32 Å². The summed E-state index contributed by atoms with van der Waals surface area (Å²) in [6.07, 6.45) is 0. The van der Waals surface area contributed by atoms with Crippen LogP contribution in [0.4, 0.5) is 10.5 Å². The molecule has 0 fully saturated rings. The molecule has 0 unspecified atom stereocenters. The molecule has 0 bridgehead atoms. The number of carbonyl (C=O) groups excluding carboxylic acids is 2. The largest absolute Gasteiger partial charge is 0.548 e. The van der Waals surface area contributed by atoms with Crippen LogP contribution in [-0.2, 0) is 4.79 Å². The van der Waals surface area contributed by atoms with Crippen molar-refractivity contribution < 1.29 is 14.7 Å². The Labute approximate surface area is 110 Å². The molecule has 2 amide bonds. The molecule has 0 heterocycles. The standard InChI is InChI=1S/C12H15ClN2O3/c1-7(2)10(11(16)17)15-12(18)14-9-5-3-4-8(13)6-9/h3-7,10H,1-2H3,(H,16,17)(H2,14,15,18)/p-1/t10-/m0/s1. The van der Waals surface area contributed by atoms with Gasteiger partial charge in [-0.3, -0.25) is 0 Å². The second kappa shape index (κ2) is 6.26. The number of carboxylic acids is 1. The van der Waals surface area contributed by atoms with Crippen molar-refractivity contribution in [2.24, 2.45) is 5.92 Å². The van der Waals surface area contributed by atoms with Crippen LogP contribution in [0.25, 0.3) is 0 Å². The minimum Gasteiger partial charge on any atom is -0.548 e. The molecule has 0 aliphatic carbocycles. The highest BCUT2D eigenvalue weighted by atomic mass is 35.5. The number of rotatable bonds is 4. The van der Waals surface area contributed by atoms with E-state index in [9.17, 15) is 14.7 Å². The topological polar surface area (TPSA) is 81.3 Å². The Morgan fingerprint density at radius 3 is 2.50 bits per heavy atom. The minimum atomic E-state index is -1.31. The molecule has 0 saturated carbocycles. The van der Waals surface area contributed by atoms with Crippen LogP contribution < -0.4 is 15.7 Å². The fraction of sp³-hybridized carbons (Fsp3) is 0.333. The van der Waals surface area contributed by atoms with Crippen molar-refractivity contribution in [3.8, 4) is 0 Å². The van der Waals surface area contributed by atoms with Crippen LogP contribution in [0, 0.1) is 5.92 Å². The van der Waals surface area contributed by atoms with Gasteiger partial charge in [0.1, 0.15) is 0 Å². The van der Waals surface area contributed by atoms with Gasteiger partial charge in [0.15, 0.2) is 0 Å². The molecule has 0 saturated heterocycles. The molecule has 1 rings (SSSR count). The second-order valence-corrected chi connectivity index (χ2v) is 4.59. The van der Waals surface area contributed by atoms with Crippen molar-refractivity contribution >= 4 is 29.3 Å². The first-order chi connectivity index (χ1) is 8.40. The minimum absolute atomic E-state index is 0.264.